The standard InChI is InChI=1S/C8H8ClNO5/c1-14-15-10-3-4-5(11)2-6(12)7(9)8(4)13/h2-3,11-13H,1H3. The molecule has 7 heteroatoms. The summed E-state index contributed by atoms with van der Waals surface area (Å²) < 4.78 is 0. The van der Waals surface area contributed by atoms with Gasteiger partial charge < -0.3 is 15.3 Å². The Bertz CT molecular complexity index is 393. The minimum absolute atomic E-state index is 0.0881. The highest BCUT2D eigenvalue weighted by Crippen LogP contribution is 2.39. The quantitative estimate of drug-likeness (QED) is 0.417. The molecule has 1 aromatic rings. The summed E-state index contributed by atoms with van der Waals surface area (Å²) in [6, 6.07) is 0.968. The van der Waals surface area contributed by atoms with Crippen LogP contribution in [0.2, 0.25) is 5.02 Å². The van der Waals surface area contributed by atoms with Crippen molar-refractivity contribution in [2.24, 2.45) is 5.16 Å². The molecule has 15 heavy (non-hydrogen) atoms. The van der Waals surface area contributed by atoms with Gasteiger partial charge in [0.1, 0.15) is 16.5 Å². The van der Waals surface area contributed by atoms with Crippen LogP contribution in [0.3, 0.4) is 0 Å². The van der Waals surface area contributed by atoms with Crippen LogP contribution >= 0.6 is 11.6 Å². The molecule has 82 valence electrons. The molecule has 1 aromatic carbocycles. The van der Waals surface area contributed by atoms with Gasteiger partial charge in [-0.15, -0.1) is 0 Å². The Balaban J connectivity index is 3.12. The monoisotopic (exact) mass is 233 g/mol. The topological polar surface area (TPSA) is 91.5 Å². The van der Waals surface area contributed by atoms with Gasteiger partial charge in [0.2, 0.25) is 0 Å². The van der Waals surface area contributed by atoms with Crippen LogP contribution in [0.25, 0.3) is 0 Å². The van der Waals surface area contributed by atoms with Gasteiger partial charge in [-0.3, -0.25) is 0 Å². The molecule has 0 radical (unpaired) electrons. The summed E-state index contributed by atoms with van der Waals surface area (Å²) >= 11 is 5.52. The predicted molar refractivity (Wildman–Crippen MR) is 52.1 cm³/mol. The minimum Gasteiger partial charge on any atom is -0.507 e. The highest BCUT2D eigenvalue weighted by atomic mass is 35.5. The fourth-order valence-corrected chi connectivity index (χ4v) is 1.03. The first kappa shape index (κ1) is 11.4. The van der Waals surface area contributed by atoms with Gasteiger partial charge in [-0.2, -0.15) is 4.89 Å². The SMILES string of the molecule is COON=Cc1c(O)cc(O)c(Cl)c1O. The molecule has 3 N–H and O–H groups in total. The first-order valence-electron chi connectivity index (χ1n) is 3.74. The van der Waals surface area contributed by atoms with Crippen LogP contribution in [0.5, 0.6) is 17.2 Å². The van der Waals surface area contributed by atoms with Gasteiger partial charge in [0.25, 0.3) is 0 Å². The summed E-state index contributed by atoms with van der Waals surface area (Å²) in [7, 11) is 1.24. The zero-order valence-corrected chi connectivity index (χ0v) is 8.39. The van der Waals surface area contributed by atoms with E-state index in [1.54, 1.807) is 0 Å². The minimum atomic E-state index is -0.502. The highest BCUT2D eigenvalue weighted by Gasteiger charge is 2.14. The first-order valence-corrected chi connectivity index (χ1v) is 4.12. The number of oxime groups is 1. The maximum Gasteiger partial charge on any atom is 0.150 e. The largest absolute Gasteiger partial charge is 0.507 e. The van der Waals surface area contributed by atoms with Crippen molar-refractivity contribution >= 4 is 17.8 Å². The van der Waals surface area contributed by atoms with E-state index in [9.17, 15) is 10.2 Å². The summed E-state index contributed by atoms with van der Waals surface area (Å²) in [5, 5.41) is 30.8. The Morgan fingerprint density at radius 2 is 2.00 bits per heavy atom. The van der Waals surface area contributed by atoms with Crippen molar-refractivity contribution < 1.29 is 25.2 Å². The maximum absolute atomic E-state index is 9.42. The molecular weight excluding hydrogens is 226 g/mol. The van der Waals surface area contributed by atoms with Crippen LogP contribution in [-0.4, -0.2) is 28.6 Å². The van der Waals surface area contributed by atoms with E-state index < -0.39 is 17.2 Å². The molecule has 0 bridgehead atoms. The number of hydrogen-bond acceptors (Lipinski definition) is 6. The summed E-state index contributed by atoms with van der Waals surface area (Å²) in [5.74, 6) is -1.33. The maximum atomic E-state index is 9.42. The molecule has 6 nitrogen and oxygen atoms in total. The molecule has 0 spiro atoms. The second-order valence-electron chi connectivity index (χ2n) is 2.47. The Labute approximate surface area is 89.9 Å². The van der Waals surface area contributed by atoms with Crippen molar-refractivity contribution in [1.29, 1.82) is 0 Å². The van der Waals surface area contributed by atoms with Gasteiger partial charge in [-0.25, -0.2) is 4.99 Å². The molecule has 0 aliphatic rings. The first-order chi connectivity index (χ1) is 7.07. The molecule has 0 amide bonds. The Hall–Kier alpha value is -1.66. The van der Waals surface area contributed by atoms with Crippen LogP contribution in [0.1, 0.15) is 5.56 Å². The van der Waals surface area contributed by atoms with Crippen molar-refractivity contribution in [3.63, 3.8) is 0 Å². The Morgan fingerprint density at radius 1 is 1.33 bits per heavy atom. The highest BCUT2D eigenvalue weighted by molar-refractivity contribution is 6.34. The van der Waals surface area contributed by atoms with E-state index in [0.29, 0.717) is 0 Å². The van der Waals surface area contributed by atoms with E-state index in [4.69, 9.17) is 16.7 Å². The van der Waals surface area contributed by atoms with Crippen molar-refractivity contribution in [3.8, 4) is 17.2 Å². The molecule has 0 aliphatic carbocycles. The van der Waals surface area contributed by atoms with E-state index in [1.807, 2.05) is 0 Å². The van der Waals surface area contributed by atoms with Gasteiger partial charge in [0.15, 0.2) is 5.75 Å². The lowest BCUT2D eigenvalue weighted by Crippen LogP contribution is -1.87. The van der Waals surface area contributed by atoms with Crippen LogP contribution < -0.4 is 0 Å². The number of hydrogen-bond donors (Lipinski definition) is 3. The average Bonchev–Trinajstić information content (AvgIpc) is 2.20. The zero-order valence-electron chi connectivity index (χ0n) is 7.64. The van der Waals surface area contributed by atoms with Crippen LogP contribution in [0, 0.1) is 0 Å². The molecule has 0 saturated carbocycles. The van der Waals surface area contributed by atoms with Gasteiger partial charge >= 0.3 is 0 Å². The fraction of sp³-hybridized carbons (Fsp3) is 0.125. The van der Waals surface area contributed by atoms with E-state index in [0.717, 1.165) is 12.3 Å². The van der Waals surface area contributed by atoms with Gasteiger partial charge in [-0.05, 0) is 0 Å². The lowest BCUT2D eigenvalue weighted by Gasteiger charge is -2.05. The number of nitrogens with zero attached hydrogens (tertiary/aromatic N) is 1. The second kappa shape index (κ2) is 4.72. The zero-order chi connectivity index (χ0) is 11.4. The summed E-state index contributed by atoms with van der Waals surface area (Å²) in [6.45, 7) is 0. The van der Waals surface area contributed by atoms with E-state index in [-0.39, 0.29) is 10.6 Å². The van der Waals surface area contributed by atoms with Gasteiger partial charge in [-0.1, -0.05) is 16.8 Å². The fourth-order valence-electron chi connectivity index (χ4n) is 0.876. The summed E-state index contributed by atoms with van der Waals surface area (Å²) in [6.07, 6.45) is 0.986. The number of benzene rings is 1. The molecule has 0 saturated heterocycles. The van der Waals surface area contributed by atoms with Crippen molar-refractivity contribution in [2.75, 3.05) is 7.11 Å². The van der Waals surface area contributed by atoms with Crippen LogP contribution in [0.4, 0.5) is 0 Å². The molecule has 0 fully saturated rings. The van der Waals surface area contributed by atoms with E-state index in [1.165, 1.54) is 7.11 Å². The van der Waals surface area contributed by atoms with Crippen LogP contribution in [-0.2, 0) is 9.88 Å². The molecule has 1 rings (SSSR count). The third kappa shape index (κ3) is 2.42. The van der Waals surface area contributed by atoms with Crippen LogP contribution in [0.15, 0.2) is 11.2 Å². The van der Waals surface area contributed by atoms with E-state index in [2.05, 4.69) is 15.0 Å². The molecule has 0 atom stereocenters. The van der Waals surface area contributed by atoms with Crippen molar-refractivity contribution in [2.45, 2.75) is 0 Å². The van der Waals surface area contributed by atoms with Crippen molar-refractivity contribution in [1.82, 2.24) is 0 Å². The Morgan fingerprint density at radius 3 is 2.60 bits per heavy atom. The third-order valence-corrected chi connectivity index (χ3v) is 1.91. The number of aromatic hydroxyl groups is 3. The number of phenolic OH excluding ortho intramolecular Hbond substituents is 3. The lowest BCUT2D eigenvalue weighted by atomic mass is 10.2. The number of rotatable bonds is 3. The van der Waals surface area contributed by atoms with Crippen molar-refractivity contribution in [3.05, 3.63) is 16.7 Å². The third-order valence-electron chi connectivity index (χ3n) is 1.54. The predicted octanol–water partition coefficient (Wildman–Crippen LogP) is 1.37. The smallest absolute Gasteiger partial charge is 0.150 e. The van der Waals surface area contributed by atoms with Gasteiger partial charge in [0.05, 0.1) is 18.9 Å². The average molecular weight is 234 g/mol. The summed E-state index contributed by atoms with van der Waals surface area (Å²) in [4.78, 5) is 8.31. The van der Waals surface area contributed by atoms with Gasteiger partial charge in [0, 0.05) is 6.07 Å². The molecule has 0 aliphatic heterocycles. The van der Waals surface area contributed by atoms with E-state index >= 15 is 0 Å². The number of phenols is 3. The number of halogens is 1. The Kier molecular flexibility index (Phi) is 3.59. The molecular formula is C8H8ClNO5. The molecule has 0 aromatic heterocycles. The molecule has 0 unspecified atom stereocenters. The lowest BCUT2D eigenvalue weighted by molar-refractivity contribution is -0.272. The molecule has 0 heterocycles. The second-order valence-corrected chi connectivity index (χ2v) is 2.84. The normalized spacial score (nSPS) is 10.8. The summed E-state index contributed by atoms with van der Waals surface area (Å²) in [5.41, 5.74) is -0.0881.